The van der Waals surface area contributed by atoms with Crippen LogP contribution >= 0.6 is 0 Å². The van der Waals surface area contributed by atoms with Crippen molar-refractivity contribution in [1.29, 1.82) is 0 Å². The number of fused-ring (bicyclic) bond motifs is 1. The predicted molar refractivity (Wildman–Crippen MR) is 82.4 cm³/mol. The lowest BCUT2D eigenvalue weighted by atomic mass is 10.4. The van der Waals surface area contributed by atoms with E-state index in [0.717, 1.165) is 5.69 Å². The maximum absolute atomic E-state index is 12.1. The Hall–Kier alpha value is -2.56. The molecule has 21 heavy (non-hydrogen) atoms. The molecule has 0 saturated carbocycles. The van der Waals surface area contributed by atoms with Crippen molar-refractivity contribution in [1.82, 2.24) is 14.3 Å². The number of carbonyl (C=O) groups is 1. The molecule has 0 aliphatic rings. The third-order valence-electron chi connectivity index (χ3n) is 2.97. The summed E-state index contributed by atoms with van der Waals surface area (Å²) in [5.74, 6) is 0.483. The molecule has 0 radical (unpaired) electrons. The molecule has 0 aromatic carbocycles. The van der Waals surface area contributed by atoms with Gasteiger partial charge in [-0.3, -0.25) is 4.79 Å². The maximum atomic E-state index is 12.1. The second kappa shape index (κ2) is 6.74. The molecule has 0 aliphatic carbocycles. The van der Waals surface area contributed by atoms with Crippen LogP contribution in [0.1, 0.15) is 5.69 Å². The van der Waals surface area contributed by atoms with E-state index >= 15 is 0 Å². The second-order valence-electron chi connectivity index (χ2n) is 4.65. The van der Waals surface area contributed by atoms with E-state index in [9.17, 15) is 4.79 Å². The van der Waals surface area contributed by atoms with Crippen molar-refractivity contribution in [2.24, 2.45) is 0 Å². The lowest BCUT2D eigenvalue weighted by Crippen LogP contribution is -2.35. The van der Waals surface area contributed by atoms with E-state index in [2.05, 4.69) is 18.1 Å². The summed E-state index contributed by atoms with van der Waals surface area (Å²) in [5.41, 5.74) is 1.61. The largest absolute Gasteiger partial charge is 0.480 e. The van der Waals surface area contributed by atoms with Crippen LogP contribution in [-0.4, -0.2) is 39.9 Å². The van der Waals surface area contributed by atoms with E-state index < -0.39 is 0 Å². The number of amides is 1. The Balaban J connectivity index is 2.08. The first-order valence-electron chi connectivity index (χ1n) is 6.72. The Morgan fingerprint density at radius 1 is 1.43 bits per heavy atom. The molecule has 0 fully saturated rings. The van der Waals surface area contributed by atoms with Gasteiger partial charge in [0.15, 0.2) is 18.0 Å². The third-order valence-corrected chi connectivity index (χ3v) is 2.97. The first-order valence-corrected chi connectivity index (χ1v) is 6.72. The molecule has 0 atom stereocenters. The summed E-state index contributed by atoms with van der Waals surface area (Å²) in [6.45, 7) is 10.1. The average Bonchev–Trinajstić information content (AvgIpc) is 2.85. The van der Waals surface area contributed by atoms with E-state index in [4.69, 9.17) is 4.74 Å². The smallest absolute Gasteiger partial charge is 0.261 e. The summed E-state index contributed by atoms with van der Waals surface area (Å²) in [7, 11) is 0. The Morgan fingerprint density at radius 2 is 2.14 bits per heavy atom. The summed E-state index contributed by atoms with van der Waals surface area (Å²) in [4.78, 5) is 18.1. The molecule has 0 N–H and O–H groups in total. The van der Waals surface area contributed by atoms with Crippen LogP contribution in [-0.2, 0) is 4.79 Å². The molecule has 2 heterocycles. The van der Waals surface area contributed by atoms with Gasteiger partial charge in [0, 0.05) is 25.5 Å². The number of ether oxygens (including phenoxy) is 1. The number of aryl methyl sites for hydroxylation is 1. The molecule has 1 amide bonds. The van der Waals surface area contributed by atoms with Crippen LogP contribution in [0.25, 0.3) is 5.65 Å². The predicted octanol–water partition coefficient (Wildman–Crippen LogP) is 2.22. The van der Waals surface area contributed by atoms with Gasteiger partial charge in [0.1, 0.15) is 0 Å². The van der Waals surface area contributed by atoms with Crippen LogP contribution in [0.4, 0.5) is 0 Å². The number of hydrogen-bond donors (Lipinski definition) is 0. The Kier molecular flexibility index (Phi) is 4.77. The van der Waals surface area contributed by atoms with E-state index in [0.29, 0.717) is 24.5 Å². The van der Waals surface area contributed by atoms with Gasteiger partial charge in [-0.15, -0.1) is 13.2 Å². The lowest BCUT2D eigenvalue weighted by molar-refractivity contribution is -0.132. The molecule has 0 saturated heterocycles. The van der Waals surface area contributed by atoms with Crippen LogP contribution in [0.15, 0.2) is 49.8 Å². The number of pyridine rings is 1. The van der Waals surface area contributed by atoms with E-state index in [-0.39, 0.29) is 12.5 Å². The molecule has 0 bridgehead atoms. The van der Waals surface area contributed by atoms with Gasteiger partial charge in [0.2, 0.25) is 0 Å². The average molecular weight is 285 g/mol. The second-order valence-corrected chi connectivity index (χ2v) is 4.65. The zero-order valence-electron chi connectivity index (χ0n) is 12.2. The van der Waals surface area contributed by atoms with E-state index in [1.807, 2.05) is 29.8 Å². The summed E-state index contributed by atoms with van der Waals surface area (Å²) >= 11 is 0. The number of nitrogens with zero attached hydrogens (tertiary/aromatic N) is 3. The molecule has 0 spiro atoms. The van der Waals surface area contributed by atoms with Crippen molar-refractivity contribution in [2.75, 3.05) is 19.7 Å². The minimum absolute atomic E-state index is 0.0345. The van der Waals surface area contributed by atoms with Crippen LogP contribution < -0.4 is 4.74 Å². The van der Waals surface area contributed by atoms with Crippen molar-refractivity contribution in [3.05, 3.63) is 55.5 Å². The Bertz CT molecular complexity index is 651. The molecule has 5 nitrogen and oxygen atoms in total. The highest BCUT2D eigenvalue weighted by atomic mass is 16.5. The molecule has 0 unspecified atom stereocenters. The summed E-state index contributed by atoms with van der Waals surface area (Å²) in [5, 5.41) is 0. The van der Waals surface area contributed by atoms with Gasteiger partial charge < -0.3 is 14.0 Å². The molecule has 110 valence electrons. The quantitative estimate of drug-likeness (QED) is 0.733. The topological polar surface area (TPSA) is 46.8 Å². The van der Waals surface area contributed by atoms with Gasteiger partial charge in [0.05, 0.1) is 5.69 Å². The van der Waals surface area contributed by atoms with Gasteiger partial charge in [-0.1, -0.05) is 12.2 Å². The van der Waals surface area contributed by atoms with Crippen molar-refractivity contribution in [3.8, 4) is 5.75 Å². The molecular formula is C16H19N3O2. The Labute approximate surface area is 124 Å². The monoisotopic (exact) mass is 285 g/mol. The molecule has 2 aromatic heterocycles. The first-order chi connectivity index (χ1) is 10.2. The van der Waals surface area contributed by atoms with Crippen molar-refractivity contribution in [2.45, 2.75) is 6.92 Å². The number of aromatic nitrogens is 2. The Morgan fingerprint density at radius 3 is 2.81 bits per heavy atom. The number of imidazole rings is 1. The van der Waals surface area contributed by atoms with Gasteiger partial charge in [0.25, 0.3) is 5.91 Å². The standard InChI is InChI=1S/C16H19N3O2/c1-4-8-18(9-5-2)15(20)12-21-14-7-6-10-19-11-13(3)17-16(14)19/h4-7,10-11H,1-2,8-9,12H2,3H3. The van der Waals surface area contributed by atoms with Crippen LogP contribution in [0, 0.1) is 6.92 Å². The third kappa shape index (κ3) is 3.51. The molecule has 5 heteroatoms. The summed E-state index contributed by atoms with van der Waals surface area (Å²) in [6, 6.07) is 3.67. The van der Waals surface area contributed by atoms with Gasteiger partial charge >= 0.3 is 0 Å². The molecule has 2 aromatic rings. The van der Waals surface area contributed by atoms with Crippen molar-refractivity contribution in [3.63, 3.8) is 0 Å². The van der Waals surface area contributed by atoms with Crippen molar-refractivity contribution < 1.29 is 9.53 Å². The van der Waals surface area contributed by atoms with Crippen LogP contribution in [0.3, 0.4) is 0 Å². The lowest BCUT2D eigenvalue weighted by Gasteiger charge is -2.19. The normalized spacial score (nSPS) is 10.3. The number of rotatable bonds is 7. The minimum Gasteiger partial charge on any atom is -0.480 e. The fraction of sp³-hybridized carbons (Fsp3) is 0.250. The zero-order valence-corrected chi connectivity index (χ0v) is 12.2. The highest BCUT2D eigenvalue weighted by molar-refractivity contribution is 5.78. The van der Waals surface area contributed by atoms with E-state index in [1.54, 1.807) is 23.1 Å². The number of carbonyl (C=O) groups excluding carboxylic acids is 1. The van der Waals surface area contributed by atoms with Crippen LogP contribution in [0.5, 0.6) is 5.75 Å². The summed E-state index contributed by atoms with van der Waals surface area (Å²) < 4.78 is 7.50. The summed E-state index contributed by atoms with van der Waals surface area (Å²) in [6.07, 6.45) is 7.16. The van der Waals surface area contributed by atoms with Crippen molar-refractivity contribution >= 4 is 11.6 Å². The van der Waals surface area contributed by atoms with Gasteiger partial charge in [-0.05, 0) is 19.1 Å². The fourth-order valence-corrected chi connectivity index (χ4v) is 2.04. The maximum Gasteiger partial charge on any atom is 0.261 e. The highest BCUT2D eigenvalue weighted by Crippen LogP contribution is 2.18. The van der Waals surface area contributed by atoms with Gasteiger partial charge in [-0.25, -0.2) is 4.98 Å². The fourth-order valence-electron chi connectivity index (χ4n) is 2.04. The minimum atomic E-state index is -0.111. The first kappa shape index (κ1) is 14.8. The molecule has 2 rings (SSSR count). The zero-order chi connectivity index (χ0) is 15.2. The number of hydrogen-bond acceptors (Lipinski definition) is 3. The highest BCUT2D eigenvalue weighted by Gasteiger charge is 2.13. The molecule has 0 aliphatic heterocycles. The van der Waals surface area contributed by atoms with Crippen LogP contribution in [0.2, 0.25) is 0 Å². The van der Waals surface area contributed by atoms with E-state index in [1.165, 1.54) is 0 Å². The van der Waals surface area contributed by atoms with Gasteiger partial charge in [-0.2, -0.15) is 0 Å². The SMILES string of the molecule is C=CCN(CC=C)C(=O)COc1cccn2cc(C)nc12. The molecular weight excluding hydrogens is 266 g/mol.